The van der Waals surface area contributed by atoms with E-state index in [1.165, 1.54) is 16.7 Å². The van der Waals surface area contributed by atoms with E-state index in [9.17, 15) is 4.79 Å². The maximum Gasteiger partial charge on any atom is 0.146 e. The molecule has 2 aromatic rings. The van der Waals surface area contributed by atoms with Crippen LogP contribution in [0, 0.1) is 5.92 Å². The molecular weight excluding hydrogens is 344 g/mol. The van der Waals surface area contributed by atoms with Crippen molar-refractivity contribution in [1.29, 1.82) is 0 Å². The van der Waals surface area contributed by atoms with Crippen LogP contribution in [0.4, 0.5) is 0 Å². The molecule has 4 rings (SSSR count). The monoisotopic (exact) mass is 368 g/mol. The highest BCUT2D eigenvalue weighted by atomic mass is 35.5. The van der Waals surface area contributed by atoms with Crippen molar-refractivity contribution in [2.75, 3.05) is 13.6 Å². The van der Waals surface area contributed by atoms with Crippen molar-refractivity contribution in [2.24, 2.45) is 5.92 Å². The van der Waals surface area contributed by atoms with Gasteiger partial charge in [-0.2, -0.15) is 0 Å². The van der Waals surface area contributed by atoms with Crippen LogP contribution in [0.15, 0.2) is 36.5 Å². The summed E-state index contributed by atoms with van der Waals surface area (Å²) < 4.78 is 0. The first-order chi connectivity index (χ1) is 12.5. The number of likely N-dealkylation sites (N-methyl/N-ethyl adjacent to an activating group) is 1. The number of ketones is 1. The summed E-state index contributed by atoms with van der Waals surface area (Å²) in [5.41, 5.74) is 5.22. The lowest BCUT2D eigenvalue weighted by Gasteiger charge is -2.39. The predicted molar refractivity (Wildman–Crippen MR) is 105 cm³/mol. The zero-order valence-electron chi connectivity index (χ0n) is 15.4. The topological polar surface area (TPSA) is 33.2 Å². The molecule has 0 radical (unpaired) electrons. The van der Waals surface area contributed by atoms with Gasteiger partial charge in [-0.05, 0) is 74.9 Å². The number of nitrogens with zero attached hydrogens (tertiary/aromatic N) is 2. The van der Waals surface area contributed by atoms with E-state index in [4.69, 9.17) is 16.6 Å². The Labute approximate surface area is 160 Å². The molecule has 1 aromatic heterocycles. The van der Waals surface area contributed by atoms with Gasteiger partial charge >= 0.3 is 0 Å². The van der Waals surface area contributed by atoms with E-state index in [0.717, 1.165) is 37.9 Å². The van der Waals surface area contributed by atoms with E-state index >= 15 is 0 Å². The van der Waals surface area contributed by atoms with Crippen LogP contribution in [0.1, 0.15) is 48.1 Å². The van der Waals surface area contributed by atoms with Crippen LogP contribution in [-0.2, 0) is 17.6 Å². The number of aromatic nitrogens is 1. The van der Waals surface area contributed by atoms with Crippen molar-refractivity contribution in [3.05, 3.63) is 63.9 Å². The van der Waals surface area contributed by atoms with Crippen molar-refractivity contribution < 1.29 is 4.79 Å². The molecule has 1 fully saturated rings. The number of pyridine rings is 1. The minimum absolute atomic E-state index is 0.0138. The normalized spacial score (nSPS) is 25.9. The number of piperidine rings is 1. The lowest BCUT2D eigenvalue weighted by atomic mass is 9.74. The molecule has 2 heterocycles. The van der Waals surface area contributed by atoms with E-state index < -0.39 is 0 Å². The van der Waals surface area contributed by atoms with E-state index in [0.29, 0.717) is 10.9 Å². The Bertz CT molecular complexity index is 835. The molecule has 0 saturated carbocycles. The lowest BCUT2D eigenvalue weighted by molar-refractivity contribution is -0.123. The Kier molecular flexibility index (Phi) is 4.85. The van der Waals surface area contributed by atoms with Gasteiger partial charge in [0.15, 0.2) is 0 Å². The van der Waals surface area contributed by atoms with E-state index in [1.54, 1.807) is 13.1 Å². The van der Waals surface area contributed by atoms with Crippen molar-refractivity contribution in [3.63, 3.8) is 0 Å². The number of carbonyl (C=O) groups is 1. The summed E-state index contributed by atoms with van der Waals surface area (Å²) in [5.74, 6) is 0.937. The molecule has 3 atom stereocenters. The van der Waals surface area contributed by atoms with Gasteiger partial charge in [-0.25, -0.2) is 0 Å². The van der Waals surface area contributed by atoms with Gasteiger partial charge in [0.05, 0.1) is 16.8 Å². The van der Waals surface area contributed by atoms with Crippen LogP contribution >= 0.6 is 11.6 Å². The van der Waals surface area contributed by atoms with E-state index in [2.05, 4.69) is 42.3 Å². The summed E-state index contributed by atoms with van der Waals surface area (Å²) in [4.78, 5) is 19.2. The third kappa shape index (κ3) is 3.19. The largest absolute Gasteiger partial charge is 0.298 e. The molecule has 1 aliphatic carbocycles. The van der Waals surface area contributed by atoms with Crippen molar-refractivity contribution in [2.45, 2.75) is 44.6 Å². The second-order valence-corrected chi connectivity index (χ2v) is 8.20. The molecule has 4 heteroatoms. The molecule has 3 nitrogen and oxygen atoms in total. The van der Waals surface area contributed by atoms with Crippen LogP contribution in [-0.4, -0.2) is 35.3 Å². The summed E-state index contributed by atoms with van der Waals surface area (Å²) >= 11 is 6.24. The second-order valence-electron chi connectivity index (χ2n) is 7.77. The van der Waals surface area contributed by atoms with Gasteiger partial charge < -0.3 is 0 Å². The van der Waals surface area contributed by atoms with Crippen LogP contribution in [0.5, 0.6) is 0 Å². The van der Waals surface area contributed by atoms with Gasteiger partial charge in [0.1, 0.15) is 5.78 Å². The number of halogens is 1. The summed E-state index contributed by atoms with van der Waals surface area (Å²) in [6.45, 7) is 2.67. The minimum atomic E-state index is 0.0138. The number of aryl methyl sites for hydroxylation is 2. The standard InChI is InChI=1S/C22H25ClN2O/c1-14(26)20-12-16(9-10-25(20)2)21-19-6-4-3-5-15(19)7-8-17-11-18(23)13-24-22(17)21/h3-6,11,13,16,20-21H,7-10,12H2,1-2H3/t16?,20-,21+/m1/s1. The highest BCUT2D eigenvalue weighted by molar-refractivity contribution is 6.30. The SMILES string of the molecule is CC(=O)[C@H]1CC([C@H]2c3ccccc3CCc3cc(Cl)cnc32)CCN1C. The van der Waals surface area contributed by atoms with Gasteiger partial charge in [0.25, 0.3) is 0 Å². The Morgan fingerprint density at radius 1 is 1.23 bits per heavy atom. The first-order valence-corrected chi connectivity index (χ1v) is 9.85. The second kappa shape index (κ2) is 7.13. The first kappa shape index (κ1) is 17.7. The highest BCUT2D eigenvalue weighted by Crippen LogP contribution is 2.43. The minimum Gasteiger partial charge on any atom is -0.298 e. The van der Waals surface area contributed by atoms with Crippen LogP contribution < -0.4 is 0 Å². The molecule has 0 N–H and O–H groups in total. The van der Waals surface area contributed by atoms with Gasteiger partial charge in [-0.3, -0.25) is 14.7 Å². The third-order valence-corrected chi connectivity index (χ3v) is 6.37. The summed E-state index contributed by atoms with van der Waals surface area (Å²) in [5, 5.41) is 0.707. The fraction of sp³-hybridized carbons (Fsp3) is 0.455. The zero-order chi connectivity index (χ0) is 18.3. The molecule has 136 valence electrons. The molecule has 26 heavy (non-hydrogen) atoms. The van der Waals surface area contributed by atoms with Crippen molar-refractivity contribution in [3.8, 4) is 0 Å². The average molecular weight is 369 g/mol. The zero-order valence-corrected chi connectivity index (χ0v) is 16.2. The number of Topliss-reactive ketones (excluding diaryl/α,β-unsaturated/α-hetero) is 1. The number of likely N-dealkylation sites (tertiary alicyclic amines) is 1. The first-order valence-electron chi connectivity index (χ1n) is 9.47. The molecule has 1 aromatic carbocycles. The van der Waals surface area contributed by atoms with Gasteiger partial charge in [0, 0.05) is 12.1 Å². The molecule has 0 bridgehead atoms. The number of hydrogen-bond acceptors (Lipinski definition) is 3. The molecule has 0 amide bonds. The fourth-order valence-electron chi connectivity index (χ4n) is 4.82. The number of carbonyl (C=O) groups excluding carboxylic acids is 1. The summed E-state index contributed by atoms with van der Waals surface area (Å²) in [6, 6.07) is 10.9. The van der Waals surface area contributed by atoms with Gasteiger partial charge in [-0.1, -0.05) is 35.9 Å². The number of rotatable bonds is 2. The number of fused-ring (bicyclic) bond motifs is 2. The molecule has 0 spiro atoms. The third-order valence-electron chi connectivity index (χ3n) is 6.17. The molecule has 1 saturated heterocycles. The average Bonchev–Trinajstić information content (AvgIpc) is 2.79. The maximum atomic E-state index is 12.2. The van der Waals surface area contributed by atoms with Crippen molar-refractivity contribution in [1.82, 2.24) is 9.88 Å². The maximum absolute atomic E-state index is 12.2. The highest BCUT2D eigenvalue weighted by Gasteiger charge is 2.37. The Balaban J connectivity index is 1.80. The fourth-order valence-corrected chi connectivity index (χ4v) is 5.00. The summed E-state index contributed by atoms with van der Waals surface area (Å²) in [6.07, 6.45) is 5.75. The van der Waals surface area contributed by atoms with Gasteiger partial charge in [-0.15, -0.1) is 0 Å². The Morgan fingerprint density at radius 3 is 2.81 bits per heavy atom. The van der Waals surface area contributed by atoms with Gasteiger partial charge in [0.2, 0.25) is 0 Å². The summed E-state index contributed by atoms with van der Waals surface area (Å²) in [7, 11) is 2.06. The van der Waals surface area contributed by atoms with Crippen molar-refractivity contribution >= 4 is 17.4 Å². The molecule has 1 unspecified atom stereocenters. The molecule has 2 aliphatic rings. The Morgan fingerprint density at radius 2 is 2.00 bits per heavy atom. The number of benzene rings is 1. The molecular formula is C22H25ClN2O. The Hall–Kier alpha value is -1.71. The van der Waals surface area contributed by atoms with Crippen LogP contribution in [0.3, 0.4) is 0 Å². The van der Waals surface area contributed by atoms with E-state index in [1.807, 2.05) is 0 Å². The number of hydrogen-bond donors (Lipinski definition) is 0. The lowest BCUT2D eigenvalue weighted by Crippen LogP contribution is -2.45. The smallest absolute Gasteiger partial charge is 0.146 e. The molecule has 1 aliphatic heterocycles. The van der Waals surface area contributed by atoms with Crippen LogP contribution in [0.25, 0.3) is 0 Å². The quantitative estimate of drug-likeness (QED) is 0.793. The predicted octanol–water partition coefficient (Wildman–Crippen LogP) is 4.26. The van der Waals surface area contributed by atoms with Crippen LogP contribution in [0.2, 0.25) is 5.02 Å². The van der Waals surface area contributed by atoms with E-state index in [-0.39, 0.29) is 17.7 Å².